The van der Waals surface area contributed by atoms with Crippen LogP contribution in [0.15, 0.2) is 57.4 Å². The zero-order chi connectivity index (χ0) is 14.8. The molecule has 0 amide bonds. The fraction of sp³-hybridized carbons (Fsp3) is 0.176. The second-order valence-corrected chi connectivity index (χ2v) is 5.86. The first-order chi connectivity index (χ1) is 10.2. The van der Waals surface area contributed by atoms with Crippen LogP contribution in [0.2, 0.25) is 0 Å². The van der Waals surface area contributed by atoms with Crippen LogP contribution in [0.5, 0.6) is 5.75 Å². The molecule has 1 heterocycles. The lowest BCUT2D eigenvalue weighted by Gasteiger charge is -2.15. The molecule has 2 aromatic carbocycles. The summed E-state index contributed by atoms with van der Waals surface area (Å²) in [6, 6.07) is 16.0. The van der Waals surface area contributed by atoms with Crippen molar-refractivity contribution < 1.29 is 9.15 Å². The average Bonchev–Trinajstić information content (AvgIpc) is 2.91. The Labute approximate surface area is 131 Å². The zero-order valence-corrected chi connectivity index (χ0v) is 13.3. The Morgan fingerprint density at radius 1 is 1.10 bits per heavy atom. The third kappa shape index (κ3) is 3.12. The summed E-state index contributed by atoms with van der Waals surface area (Å²) in [7, 11) is 0. The van der Waals surface area contributed by atoms with Crippen LogP contribution in [0.4, 0.5) is 0 Å². The number of benzene rings is 2. The Hall–Kier alpha value is -1.78. The van der Waals surface area contributed by atoms with E-state index in [0.717, 1.165) is 32.5 Å². The van der Waals surface area contributed by atoms with Gasteiger partial charge < -0.3 is 14.9 Å². The van der Waals surface area contributed by atoms with Gasteiger partial charge in [0.05, 0.1) is 0 Å². The summed E-state index contributed by atoms with van der Waals surface area (Å²) in [5.41, 5.74) is 5.80. The zero-order valence-electron chi connectivity index (χ0n) is 11.7. The normalized spacial score (nSPS) is 12.5. The van der Waals surface area contributed by atoms with E-state index in [1.54, 1.807) is 0 Å². The fourth-order valence-corrected chi connectivity index (χ4v) is 2.66. The van der Waals surface area contributed by atoms with Crippen molar-refractivity contribution in [1.82, 2.24) is 0 Å². The molecule has 3 rings (SSSR count). The minimum Gasteiger partial charge on any atom is -0.481 e. The molecule has 108 valence electrons. The van der Waals surface area contributed by atoms with Crippen molar-refractivity contribution in [1.29, 1.82) is 0 Å². The Morgan fingerprint density at radius 2 is 1.86 bits per heavy atom. The highest BCUT2D eigenvalue weighted by Crippen LogP contribution is 2.27. The molecule has 3 nitrogen and oxygen atoms in total. The molecule has 0 aliphatic carbocycles. The van der Waals surface area contributed by atoms with Gasteiger partial charge >= 0.3 is 0 Å². The maximum atomic E-state index is 5.97. The van der Waals surface area contributed by atoms with Gasteiger partial charge in [-0.25, -0.2) is 0 Å². The summed E-state index contributed by atoms with van der Waals surface area (Å²) >= 11 is 3.48. The molecule has 0 fully saturated rings. The molecule has 1 aromatic heterocycles. The number of fused-ring (bicyclic) bond motifs is 1. The molecule has 0 spiro atoms. The number of hydrogen-bond donors (Lipinski definition) is 1. The van der Waals surface area contributed by atoms with Gasteiger partial charge in [0.1, 0.15) is 17.3 Å². The molecule has 2 N–H and O–H groups in total. The molecule has 0 radical (unpaired) electrons. The second kappa shape index (κ2) is 5.92. The van der Waals surface area contributed by atoms with E-state index in [1.165, 1.54) is 0 Å². The molecule has 0 aliphatic heterocycles. The molecule has 21 heavy (non-hydrogen) atoms. The summed E-state index contributed by atoms with van der Waals surface area (Å²) < 4.78 is 12.6. The first-order valence-corrected chi connectivity index (χ1v) is 7.57. The summed E-state index contributed by atoms with van der Waals surface area (Å²) in [6.45, 7) is 2.27. The van der Waals surface area contributed by atoms with Gasteiger partial charge in [0, 0.05) is 11.0 Å². The summed E-state index contributed by atoms with van der Waals surface area (Å²) in [4.78, 5) is 0. The number of rotatable bonds is 4. The van der Waals surface area contributed by atoms with E-state index in [9.17, 15) is 0 Å². The average molecular weight is 346 g/mol. The number of nitrogens with two attached hydrogens (primary N) is 1. The van der Waals surface area contributed by atoms with E-state index in [-0.39, 0.29) is 6.10 Å². The summed E-state index contributed by atoms with van der Waals surface area (Å²) in [5.74, 6) is 2.40. The van der Waals surface area contributed by atoms with Crippen molar-refractivity contribution in [2.75, 3.05) is 6.54 Å². The van der Waals surface area contributed by atoms with Crippen LogP contribution in [-0.2, 0) is 0 Å². The molecule has 0 bridgehead atoms. The molecule has 0 saturated carbocycles. The van der Waals surface area contributed by atoms with E-state index < -0.39 is 0 Å². The van der Waals surface area contributed by atoms with Gasteiger partial charge in [-0.3, -0.25) is 0 Å². The lowest BCUT2D eigenvalue weighted by molar-refractivity contribution is 0.182. The van der Waals surface area contributed by atoms with Gasteiger partial charge in [-0.1, -0.05) is 28.1 Å². The highest BCUT2D eigenvalue weighted by molar-refractivity contribution is 9.10. The fourth-order valence-electron chi connectivity index (χ4n) is 2.28. The monoisotopic (exact) mass is 345 g/mol. The number of furan rings is 1. The van der Waals surface area contributed by atoms with Crippen molar-refractivity contribution >= 4 is 26.7 Å². The number of ether oxygens (including phenoxy) is 1. The van der Waals surface area contributed by atoms with E-state index in [2.05, 4.69) is 28.1 Å². The van der Waals surface area contributed by atoms with Gasteiger partial charge in [-0.2, -0.15) is 0 Å². The third-order valence-corrected chi connectivity index (χ3v) is 3.84. The predicted molar refractivity (Wildman–Crippen MR) is 87.5 cm³/mol. The Kier molecular flexibility index (Phi) is 3.99. The van der Waals surface area contributed by atoms with Crippen molar-refractivity contribution in [3.8, 4) is 5.75 Å². The Morgan fingerprint density at radius 3 is 2.57 bits per heavy atom. The molecule has 3 aromatic rings. The minimum atomic E-state index is -0.272. The topological polar surface area (TPSA) is 48.4 Å². The van der Waals surface area contributed by atoms with Crippen LogP contribution in [-0.4, -0.2) is 6.54 Å². The molecule has 1 atom stereocenters. The van der Waals surface area contributed by atoms with Crippen molar-refractivity contribution in [3.05, 3.63) is 64.5 Å². The van der Waals surface area contributed by atoms with E-state index in [1.807, 2.05) is 43.3 Å². The Balaban J connectivity index is 1.87. The Bertz CT molecular complexity index is 766. The van der Waals surface area contributed by atoms with E-state index >= 15 is 0 Å². The second-order valence-electron chi connectivity index (χ2n) is 4.94. The quantitative estimate of drug-likeness (QED) is 0.752. The molecular formula is C17H16BrNO2. The lowest BCUT2D eigenvalue weighted by atomic mass is 10.1. The van der Waals surface area contributed by atoms with Crippen LogP contribution in [0.25, 0.3) is 10.8 Å². The smallest absolute Gasteiger partial charge is 0.168 e. The van der Waals surface area contributed by atoms with E-state index in [4.69, 9.17) is 14.9 Å². The third-order valence-electron chi connectivity index (χ3n) is 3.34. The van der Waals surface area contributed by atoms with Crippen molar-refractivity contribution in [3.63, 3.8) is 0 Å². The van der Waals surface area contributed by atoms with Crippen molar-refractivity contribution in [2.45, 2.75) is 13.0 Å². The van der Waals surface area contributed by atoms with Crippen LogP contribution in [0.3, 0.4) is 0 Å². The molecule has 4 heteroatoms. The standard InChI is InChI=1S/C17H16BrNO2/c1-11-2-7-16(20-11)17(10-19)21-15-6-4-12-8-14(18)5-3-13(12)9-15/h2-9,17H,10,19H2,1H3. The largest absolute Gasteiger partial charge is 0.481 e. The molecule has 0 aliphatic rings. The van der Waals surface area contributed by atoms with Crippen LogP contribution < -0.4 is 10.5 Å². The van der Waals surface area contributed by atoms with Gasteiger partial charge in [-0.15, -0.1) is 0 Å². The highest BCUT2D eigenvalue weighted by atomic mass is 79.9. The number of hydrogen-bond acceptors (Lipinski definition) is 3. The molecular weight excluding hydrogens is 330 g/mol. The highest BCUT2D eigenvalue weighted by Gasteiger charge is 2.15. The van der Waals surface area contributed by atoms with Crippen LogP contribution >= 0.6 is 15.9 Å². The molecule has 0 saturated heterocycles. The van der Waals surface area contributed by atoms with E-state index in [0.29, 0.717) is 6.54 Å². The predicted octanol–water partition coefficient (Wildman–Crippen LogP) is 4.58. The summed E-state index contributed by atoms with van der Waals surface area (Å²) in [5, 5.41) is 2.29. The first kappa shape index (κ1) is 14.2. The lowest BCUT2D eigenvalue weighted by Crippen LogP contribution is -2.17. The maximum Gasteiger partial charge on any atom is 0.168 e. The summed E-state index contributed by atoms with van der Waals surface area (Å²) in [6.07, 6.45) is -0.272. The van der Waals surface area contributed by atoms with Gasteiger partial charge in [0.25, 0.3) is 0 Å². The molecule has 1 unspecified atom stereocenters. The maximum absolute atomic E-state index is 5.97. The van der Waals surface area contributed by atoms with Crippen LogP contribution in [0.1, 0.15) is 17.6 Å². The SMILES string of the molecule is Cc1ccc(C(CN)Oc2ccc3cc(Br)ccc3c2)o1. The van der Waals surface area contributed by atoms with Gasteiger partial charge in [-0.05, 0) is 54.1 Å². The van der Waals surface area contributed by atoms with Crippen LogP contribution in [0, 0.1) is 6.92 Å². The minimum absolute atomic E-state index is 0.272. The number of aryl methyl sites for hydroxylation is 1. The number of halogens is 1. The van der Waals surface area contributed by atoms with Gasteiger partial charge in [0.15, 0.2) is 6.10 Å². The first-order valence-electron chi connectivity index (χ1n) is 6.78. The van der Waals surface area contributed by atoms with Crippen molar-refractivity contribution in [2.24, 2.45) is 5.73 Å². The van der Waals surface area contributed by atoms with Gasteiger partial charge in [0.2, 0.25) is 0 Å².